The molecule has 1 heterocycles. The molecule has 3 aromatic rings. The van der Waals surface area contributed by atoms with Gasteiger partial charge in [-0.1, -0.05) is 25.1 Å². The summed E-state index contributed by atoms with van der Waals surface area (Å²) in [5, 5.41) is 6.38. The molecule has 1 atom stereocenters. The molecule has 0 unspecified atom stereocenters. The van der Waals surface area contributed by atoms with E-state index in [1.54, 1.807) is 23.5 Å². The maximum Gasteiger partial charge on any atom is 0.319 e. The highest BCUT2D eigenvalue weighted by atomic mass is 32.1. The van der Waals surface area contributed by atoms with Gasteiger partial charge in [0.1, 0.15) is 5.82 Å². The lowest BCUT2D eigenvalue weighted by Gasteiger charge is -2.11. The van der Waals surface area contributed by atoms with Crippen molar-refractivity contribution in [3.8, 4) is 0 Å². The Labute approximate surface area is 137 Å². The fraction of sp³-hybridized carbons (Fsp3) is 0.176. The van der Waals surface area contributed by atoms with E-state index in [4.69, 9.17) is 0 Å². The van der Waals surface area contributed by atoms with Crippen LogP contribution < -0.4 is 10.6 Å². The molecule has 0 saturated carbocycles. The summed E-state index contributed by atoms with van der Waals surface area (Å²) < 4.78 is 14.2. The zero-order chi connectivity index (χ0) is 16.2. The summed E-state index contributed by atoms with van der Waals surface area (Å²) in [5.41, 5.74) is 1.40. The number of fused-ring (bicyclic) bond motifs is 1. The Bertz CT molecular complexity index is 800. The molecule has 3 rings (SSSR count). The van der Waals surface area contributed by atoms with Crippen molar-refractivity contribution < 1.29 is 9.18 Å². The van der Waals surface area contributed by atoms with E-state index in [9.17, 15) is 9.18 Å². The molecule has 23 heavy (non-hydrogen) atoms. The van der Waals surface area contributed by atoms with Crippen molar-refractivity contribution in [3.05, 3.63) is 59.4 Å². The Balaban J connectivity index is 1.57. The average molecular weight is 329 g/mol. The third-order valence-electron chi connectivity index (χ3n) is 3.38. The Morgan fingerprint density at radius 2 is 2.09 bits per heavy atom. The number of rotatable bonds is 4. The Morgan fingerprint density at radius 3 is 2.87 bits per heavy atom. The molecular weight excluding hydrogens is 313 g/mol. The van der Waals surface area contributed by atoms with E-state index in [-0.39, 0.29) is 17.8 Å². The molecular formula is C17H16FN3OS. The fourth-order valence-corrected chi connectivity index (χ4v) is 3.19. The maximum absolute atomic E-state index is 13.1. The number of aromatic nitrogens is 1. The van der Waals surface area contributed by atoms with Crippen molar-refractivity contribution in [3.63, 3.8) is 0 Å². The number of amides is 2. The van der Waals surface area contributed by atoms with Gasteiger partial charge in [-0.25, -0.2) is 14.2 Å². The van der Waals surface area contributed by atoms with E-state index in [2.05, 4.69) is 15.6 Å². The van der Waals surface area contributed by atoms with Gasteiger partial charge in [-0.2, -0.15) is 0 Å². The lowest BCUT2D eigenvalue weighted by Crippen LogP contribution is -2.31. The zero-order valence-corrected chi connectivity index (χ0v) is 13.4. The number of para-hydroxylation sites is 1. The minimum Gasteiger partial charge on any atom is -0.337 e. The van der Waals surface area contributed by atoms with Gasteiger partial charge in [0.05, 0.1) is 15.2 Å². The Kier molecular flexibility index (Phi) is 4.52. The molecule has 0 fully saturated rings. The summed E-state index contributed by atoms with van der Waals surface area (Å²) in [4.78, 5) is 16.5. The largest absolute Gasteiger partial charge is 0.337 e. The Hall–Kier alpha value is -2.47. The van der Waals surface area contributed by atoms with Crippen LogP contribution in [0.15, 0.2) is 48.5 Å². The molecule has 0 aliphatic carbocycles. The van der Waals surface area contributed by atoms with Crippen molar-refractivity contribution in [2.24, 2.45) is 0 Å². The standard InChI is InChI=1S/C17H16FN3OS/c1-11(16-21-14-7-2-3-8-15(14)23-16)10-19-17(22)20-13-6-4-5-12(18)9-13/h2-9,11H,10H2,1H3,(H2,19,20,22)/t11-/m1/s1. The van der Waals surface area contributed by atoms with Crippen LogP contribution in [0.3, 0.4) is 0 Å². The van der Waals surface area contributed by atoms with Crippen molar-refractivity contribution in [1.82, 2.24) is 10.3 Å². The number of nitrogens with zero attached hydrogens (tertiary/aromatic N) is 1. The van der Waals surface area contributed by atoms with E-state index in [0.717, 1.165) is 15.2 Å². The number of nitrogens with one attached hydrogen (secondary N) is 2. The minimum absolute atomic E-state index is 0.102. The smallest absolute Gasteiger partial charge is 0.319 e. The van der Waals surface area contributed by atoms with Gasteiger partial charge < -0.3 is 10.6 Å². The summed E-state index contributed by atoms with van der Waals surface area (Å²) in [7, 11) is 0. The fourth-order valence-electron chi connectivity index (χ4n) is 2.18. The van der Waals surface area contributed by atoms with Crippen LogP contribution in [-0.4, -0.2) is 17.6 Å². The van der Waals surface area contributed by atoms with Gasteiger partial charge in [0.25, 0.3) is 0 Å². The second-order valence-electron chi connectivity index (χ2n) is 5.27. The van der Waals surface area contributed by atoms with Gasteiger partial charge in [-0.15, -0.1) is 11.3 Å². The van der Waals surface area contributed by atoms with Crippen LogP contribution in [0.25, 0.3) is 10.2 Å². The Morgan fingerprint density at radius 1 is 1.26 bits per heavy atom. The monoisotopic (exact) mass is 329 g/mol. The summed E-state index contributed by atoms with van der Waals surface area (Å²) in [6, 6.07) is 13.4. The minimum atomic E-state index is -0.384. The summed E-state index contributed by atoms with van der Waals surface area (Å²) in [6.45, 7) is 2.47. The highest BCUT2D eigenvalue weighted by Gasteiger charge is 2.12. The molecule has 2 N–H and O–H groups in total. The van der Waals surface area contributed by atoms with Gasteiger partial charge in [0.2, 0.25) is 0 Å². The normalized spacial score (nSPS) is 12.1. The van der Waals surface area contributed by atoms with Crippen molar-refractivity contribution in [2.75, 3.05) is 11.9 Å². The van der Waals surface area contributed by atoms with Crippen molar-refractivity contribution in [2.45, 2.75) is 12.8 Å². The number of hydrogen-bond acceptors (Lipinski definition) is 3. The third-order valence-corrected chi connectivity index (χ3v) is 4.65. The van der Waals surface area contributed by atoms with Gasteiger partial charge >= 0.3 is 6.03 Å². The molecule has 0 radical (unpaired) electrons. The highest BCUT2D eigenvalue weighted by molar-refractivity contribution is 7.18. The molecule has 0 spiro atoms. The van der Waals surface area contributed by atoms with Crippen LogP contribution in [0.1, 0.15) is 17.8 Å². The number of thiazole rings is 1. The second-order valence-corrected chi connectivity index (χ2v) is 6.33. The molecule has 0 aliphatic rings. The van der Waals surface area contributed by atoms with Crippen LogP contribution in [0.4, 0.5) is 14.9 Å². The number of anilines is 1. The third kappa shape index (κ3) is 3.84. The van der Waals surface area contributed by atoms with Crippen LogP contribution in [0.2, 0.25) is 0 Å². The average Bonchev–Trinajstić information content (AvgIpc) is 2.97. The predicted octanol–water partition coefficient (Wildman–Crippen LogP) is 4.36. The maximum atomic E-state index is 13.1. The van der Waals surface area contributed by atoms with E-state index in [0.29, 0.717) is 12.2 Å². The first kappa shape index (κ1) is 15.4. The lowest BCUT2D eigenvalue weighted by molar-refractivity contribution is 0.251. The van der Waals surface area contributed by atoms with Gasteiger partial charge in [0.15, 0.2) is 0 Å². The van der Waals surface area contributed by atoms with Crippen LogP contribution in [0, 0.1) is 5.82 Å². The van der Waals surface area contributed by atoms with Crippen LogP contribution in [-0.2, 0) is 0 Å². The SMILES string of the molecule is C[C@H](CNC(=O)Nc1cccc(F)c1)c1nc2ccccc2s1. The predicted molar refractivity (Wildman–Crippen MR) is 91.5 cm³/mol. The molecule has 2 aromatic carbocycles. The number of benzene rings is 2. The van der Waals surface area contributed by atoms with Gasteiger partial charge in [-0.3, -0.25) is 0 Å². The van der Waals surface area contributed by atoms with E-state index in [1.165, 1.54) is 12.1 Å². The number of carbonyl (C=O) groups is 1. The first-order chi connectivity index (χ1) is 11.1. The van der Waals surface area contributed by atoms with Crippen molar-refractivity contribution in [1.29, 1.82) is 0 Å². The van der Waals surface area contributed by atoms with Crippen LogP contribution in [0.5, 0.6) is 0 Å². The number of urea groups is 1. The molecule has 118 valence electrons. The first-order valence-electron chi connectivity index (χ1n) is 7.28. The first-order valence-corrected chi connectivity index (χ1v) is 8.09. The summed E-state index contributed by atoms with van der Waals surface area (Å²) >= 11 is 1.63. The number of halogens is 1. The van der Waals surface area contributed by atoms with Crippen molar-refractivity contribution >= 4 is 33.3 Å². The van der Waals surface area contributed by atoms with E-state index < -0.39 is 0 Å². The summed E-state index contributed by atoms with van der Waals surface area (Å²) in [5.74, 6) is -0.281. The molecule has 1 aromatic heterocycles. The number of carbonyl (C=O) groups excluding carboxylic acids is 1. The number of hydrogen-bond donors (Lipinski definition) is 2. The van der Waals surface area contributed by atoms with E-state index in [1.807, 2.05) is 31.2 Å². The second kappa shape index (κ2) is 6.75. The molecule has 0 bridgehead atoms. The zero-order valence-electron chi connectivity index (χ0n) is 12.5. The van der Waals surface area contributed by atoms with Gasteiger partial charge in [0, 0.05) is 18.2 Å². The molecule has 2 amide bonds. The van der Waals surface area contributed by atoms with Gasteiger partial charge in [-0.05, 0) is 30.3 Å². The molecule has 0 saturated heterocycles. The summed E-state index contributed by atoms with van der Waals surface area (Å²) in [6.07, 6.45) is 0. The topological polar surface area (TPSA) is 54.0 Å². The highest BCUT2D eigenvalue weighted by Crippen LogP contribution is 2.26. The quantitative estimate of drug-likeness (QED) is 0.747. The van der Waals surface area contributed by atoms with E-state index >= 15 is 0 Å². The molecule has 0 aliphatic heterocycles. The lowest BCUT2D eigenvalue weighted by atomic mass is 10.2. The molecule has 6 heteroatoms. The molecule has 4 nitrogen and oxygen atoms in total. The van der Waals surface area contributed by atoms with Crippen LogP contribution >= 0.6 is 11.3 Å².